The van der Waals surface area contributed by atoms with Gasteiger partial charge in [0.05, 0.1) is 18.2 Å². The third kappa shape index (κ3) is 3.00. The lowest BCUT2D eigenvalue weighted by atomic mass is 10.2. The highest BCUT2D eigenvalue weighted by molar-refractivity contribution is 7.80. The van der Waals surface area contributed by atoms with E-state index in [-0.39, 0.29) is 0 Å². The molecule has 0 atom stereocenters. The Morgan fingerprint density at radius 1 is 1.38 bits per heavy atom. The molecule has 0 aromatic carbocycles. The van der Waals surface area contributed by atoms with Gasteiger partial charge in [0, 0.05) is 31.6 Å². The van der Waals surface area contributed by atoms with Gasteiger partial charge in [0.1, 0.15) is 7.05 Å². The van der Waals surface area contributed by atoms with Gasteiger partial charge in [0.2, 0.25) is 0 Å². The Hall–Kier alpha value is -1.00. The van der Waals surface area contributed by atoms with Gasteiger partial charge in [-0.05, 0) is 5.56 Å². The first-order chi connectivity index (χ1) is 7.75. The van der Waals surface area contributed by atoms with E-state index in [2.05, 4.69) is 29.4 Å². The molecule has 0 spiro atoms. The summed E-state index contributed by atoms with van der Waals surface area (Å²) in [5, 5.41) is 0. The van der Waals surface area contributed by atoms with Crippen molar-refractivity contribution in [3.05, 3.63) is 30.1 Å². The van der Waals surface area contributed by atoms with E-state index >= 15 is 0 Å². The molecule has 0 saturated carbocycles. The molecule has 86 valence electrons. The zero-order chi connectivity index (χ0) is 11.4. The van der Waals surface area contributed by atoms with Crippen molar-refractivity contribution in [2.75, 3.05) is 26.3 Å². The molecule has 0 radical (unpaired) electrons. The quantitative estimate of drug-likeness (QED) is 0.557. The molecule has 0 unspecified atom stereocenters. The molecule has 2 heterocycles. The summed E-state index contributed by atoms with van der Waals surface area (Å²) in [5.41, 5.74) is 1.27. The van der Waals surface area contributed by atoms with Gasteiger partial charge in [-0.2, -0.15) is 0 Å². The molecule has 16 heavy (non-hydrogen) atoms. The van der Waals surface area contributed by atoms with Gasteiger partial charge >= 0.3 is 0 Å². The molecule has 1 aliphatic heterocycles. The first kappa shape index (κ1) is 11.5. The number of aryl methyl sites for hydroxylation is 1. The van der Waals surface area contributed by atoms with Crippen LogP contribution < -0.4 is 4.57 Å². The highest BCUT2D eigenvalue weighted by atomic mass is 32.1. The fourth-order valence-corrected chi connectivity index (χ4v) is 2.10. The van der Waals surface area contributed by atoms with Gasteiger partial charge in [-0.1, -0.05) is 12.2 Å². The number of morpholine rings is 1. The van der Waals surface area contributed by atoms with Crippen LogP contribution in [0.1, 0.15) is 5.56 Å². The number of hydrogen-bond acceptors (Lipinski definition) is 2. The highest BCUT2D eigenvalue weighted by Crippen LogP contribution is 2.05. The molecule has 0 aliphatic carbocycles. The molecule has 2 rings (SSSR count). The standard InChI is InChI=1S/C12H17N2OS/c1-13-4-2-11(3-5-13)10-12(16)14-6-8-15-9-7-14/h2-5H,6-10H2,1H3/q+1. The van der Waals surface area contributed by atoms with E-state index in [4.69, 9.17) is 17.0 Å². The number of nitrogens with zero attached hydrogens (tertiary/aromatic N) is 2. The average Bonchev–Trinajstić information content (AvgIpc) is 2.33. The largest absolute Gasteiger partial charge is 0.378 e. The van der Waals surface area contributed by atoms with Crippen LogP contribution in [0.15, 0.2) is 24.5 Å². The second kappa shape index (κ2) is 5.37. The Bertz CT molecular complexity index is 358. The van der Waals surface area contributed by atoms with Gasteiger partial charge < -0.3 is 9.64 Å². The highest BCUT2D eigenvalue weighted by Gasteiger charge is 2.13. The molecular formula is C12H17N2OS+. The average molecular weight is 237 g/mol. The maximum atomic E-state index is 5.45. The lowest BCUT2D eigenvalue weighted by Crippen LogP contribution is -2.40. The molecule has 1 fully saturated rings. The second-order valence-corrected chi connectivity index (χ2v) is 4.51. The number of ether oxygens (including phenoxy) is 1. The minimum absolute atomic E-state index is 0.796. The fourth-order valence-electron chi connectivity index (χ4n) is 1.75. The molecule has 0 bridgehead atoms. The summed E-state index contributed by atoms with van der Waals surface area (Å²) in [7, 11) is 2.02. The van der Waals surface area contributed by atoms with Crippen LogP contribution in [0.3, 0.4) is 0 Å². The summed E-state index contributed by atoms with van der Waals surface area (Å²) in [6, 6.07) is 4.24. The maximum Gasteiger partial charge on any atom is 0.168 e. The summed E-state index contributed by atoms with van der Waals surface area (Å²) in [6.45, 7) is 3.45. The molecular weight excluding hydrogens is 220 g/mol. The van der Waals surface area contributed by atoms with Crippen LogP contribution in [0.25, 0.3) is 0 Å². The number of aromatic nitrogens is 1. The van der Waals surface area contributed by atoms with E-state index in [0.29, 0.717) is 0 Å². The molecule has 0 N–H and O–H groups in total. The van der Waals surface area contributed by atoms with Crippen LogP contribution in [-0.2, 0) is 18.2 Å². The van der Waals surface area contributed by atoms with Gasteiger partial charge in [-0.25, -0.2) is 4.57 Å². The lowest BCUT2D eigenvalue weighted by Gasteiger charge is -2.29. The van der Waals surface area contributed by atoms with Crippen molar-refractivity contribution >= 4 is 17.2 Å². The maximum absolute atomic E-state index is 5.45. The first-order valence-corrected chi connectivity index (χ1v) is 5.96. The monoisotopic (exact) mass is 237 g/mol. The van der Waals surface area contributed by atoms with Crippen LogP contribution in [0.5, 0.6) is 0 Å². The smallest absolute Gasteiger partial charge is 0.168 e. The molecule has 1 saturated heterocycles. The number of pyridine rings is 1. The Morgan fingerprint density at radius 2 is 2.00 bits per heavy atom. The predicted octanol–water partition coefficient (Wildman–Crippen LogP) is 0.713. The third-order valence-corrected chi connectivity index (χ3v) is 3.17. The molecule has 1 aromatic rings. The molecule has 3 nitrogen and oxygen atoms in total. The van der Waals surface area contributed by atoms with Crippen LogP contribution in [-0.4, -0.2) is 36.2 Å². The van der Waals surface area contributed by atoms with Gasteiger partial charge in [0.15, 0.2) is 12.4 Å². The van der Waals surface area contributed by atoms with Crippen molar-refractivity contribution in [1.82, 2.24) is 4.90 Å². The zero-order valence-corrected chi connectivity index (χ0v) is 10.4. The summed E-state index contributed by atoms with van der Waals surface area (Å²) < 4.78 is 7.34. The van der Waals surface area contributed by atoms with Gasteiger partial charge in [-0.3, -0.25) is 0 Å². The molecule has 0 amide bonds. The van der Waals surface area contributed by atoms with Crippen molar-refractivity contribution in [2.45, 2.75) is 6.42 Å². The molecule has 1 aromatic heterocycles. The zero-order valence-electron chi connectivity index (χ0n) is 9.56. The topological polar surface area (TPSA) is 16.4 Å². The summed E-state index contributed by atoms with van der Waals surface area (Å²) in [6.07, 6.45) is 4.96. The first-order valence-electron chi connectivity index (χ1n) is 5.55. The second-order valence-electron chi connectivity index (χ2n) is 4.04. The van der Waals surface area contributed by atoms with Crippen molar-refractivity contribution in [3.8, 4) is 0 Å². The van der Waals surface area contributed by atoms with Crippen LogP contribution in [0.2, 0.25) is 0 Å². The van der Waals surface area contributed by atoms with Crippen LogP contribution in [0.4, 0.5) is 0 Å². The van der Waals surface area contributed by atoms with Crippen molar-refractivity contribution < 1.29 is 9.30 Å². The normalized spacial score (nSPS) is 16.2. The number of rotatable bonds is 2. The Balaban J connectivity index is 1.93. The van der Waals surface area contributed by atoms with E-state index in [0.717, 1.165) is 37.7 Å². The summed E-state index contributed by atoms with van der Waals surface area (Å²) >= 11 is 5.45. The fraction of sp³-hybridized carbons (Fsp3) is 0.500. The molecule has 4 heteroatoms. The summed E-state index contributed by atoms with van der Waals surface area (Å²) in [4.78, 5) is 3.27. The Kier molecular flexibility index (Phi) is 3.85. The molecule has 1 aliphatic rings. The van der Waals surface area contributed by atoms with E-state index in [1.807, 2.05) is 11.6 Å². The van der Waals surface area contributed by atoms with Gasteiger partial charge in [-0.15, -0.1) is 0 Å². The van der Waals surface area contributed by atoms with Crippen molar-refractivity contribution in [3.63, 3.8) is 0 Å². The van der Waals surface area contributed by atoms with Crippen molar-refractivity contribution in [2.24, 2.45) is 7.05 Å². The van der Waals surface area contributed by atoms with E-state index in [1.54, 1.807) is 0 Å². The van der Waals surface area contributed by atoms with Gasteiger partial charge in [0.25, 0.3) is 0 Å². The lowest BCUT2D eigenvalue weighted by molar-refractivity contribution is -0.671. The van der Waals surface area contributed by atoms with Crippen molar-refractivity contribution in [1.29, 1.82) is 0 Å². The van der Waals surface area contributed by atoms with E-state index < -0.39 is 0 Å². The number of hydrogen-bond donors (Lipinski definition) is 0. The minimum Gasteiger partial charge on any atom is -0.378 e. The van der Waals surface area contributed by atoms with E-state index in [9.17, 15) is 0 Å². The van der Waals surface area contributed by atoms with E-state index in [1.165, 1.54) is 5.56 Å². The Labute approximate surface area is 102 Å². The predicted molar refractivity (Wildman–Crippen MR) is 66.3 cm³/mol. The number of thiocarbonyl (C=S) groups is 1. The van der Waals surface area contributed by atoms with Crippen LogP contribution in [0, 0.1) is 0 Å². The third-order valence-electron chi connectivity index (χ3n) is 2.77. The SMILES string of the molecule is C[n+]1ccc(CC(=S)N2CCOCC2)cc1. The minimum atomic E-state index is 0.796. The summed E-state index contributed by atoms with van der Waals surface area (Å²) in [5.74, 6) is 0. The van der Waals surface area contributed by atoms with Crippen LogP contribution >= 0.6 is 12.2 Å². The Morgan fingerprint density at radius 3 is 2.62 bits per heavy atom.